The third kappa shape index (κ3) is 9.88. The Morgan fingerprint density at radius 2 is 1.33 bits per heavy atom. The van der Waals surface area contributed by atoms with Crippen LogP contribution in [0.5, 0.6) is 0 Å². The molecule has 1 aromatic carbocycles. The summed E-state index contributed by atoms with van der Waals surface area (Å²) in [6.07, 6.45) is 8.85. The van der Waals surface area contributed by atoms with Crippen molar-refractivity contribution >= 4 is 18.2 Å². The molecule has 0 fully saturated rings. The van der Waals surface area contributed by atoms with Crippen molar-refractivity contribution in [3.05, 3.63) is 29.8 Å². The molecule has 0 N–H and O–H groups in total. The number of benzene rings is 1. The van der Waals surface area contributed by atoms with Crippen LogP contribution in [0.4, 0.5) is 0 Å². The van der Waals surface area contributed by atoms with Gasteiger partial charge in [0.1, 0.15) is 0 Å². The lowest BCUT2D eigenvalue weighted by Gasteiger charge is -2.18. The monoisotopic (exact) mass is 372 g/mol. The van der Waals surface area contributed by atoms with E-state index >= 15 is 0 Å². The summed E-state index contributed by atoms with van der Waals surface area (Å²) in [6, 6.07) is 8.01. The second-order valence-electron chi connectivity index (χ2n) is 6.14. The zero-order chi connectivity index (χ0) is 17.7. The highest BCUT2D eigenvalue weighted by atomic mass is 32.7. The van der Waals surface area contributed by atoms with E-state index in [2.05, 4.69) is 13.8 Å². The van der Waals surface area contributed by atoms with Gasteiger partial charge in [-0.3, -0.25) is 0 Å². The summed E-state index contributed by atoms with van der Waals surface area (Å²) in [4.78, 5) is 0.936. The van der Waals surface area contributed by atoms with E-state index in [-0.39, 0.29) is 0 Å². The van der Waals surface area contributed by atoms with E-state index in [4.69, 9.17) is 9.05 Å². The molecule has 0 unspecified atom stereocenters. The average molecular weight is 373 g/mol. The van der Waals surface area contributed by atoms with Gasteiger partial charge < -0.3 is 9.05 Å². The van der Waals surface area contributed by atoms with E-state index in [1.807, 2.05) is 31.2 Å². The van der Waals surface area contributed by atoms with Crippen LogP contribution in [-0.4, -0.2) is 13.2 Å². The molecule has 24 heavy (non-hydrogen) atoms. The van der Waals surface area contributed by atoms with Crippen molar-refractivity contribution in [1.29, 1.82) is 0 Å². The minimum absolute atomic E-state index is 0.505. The molecule has 1 rings (SSSR count). The van der Waals surface area contributed by atoms with Gasteiger partial charge in [-0.15, -0.1) is 0 Å². The third-order valence-electron chi connectivity index (χ3n) is 3.73. The Kier molecular flexibility index (Phi) is 11.8. The van der Waals surface area contributed by atoms with E-state index in [0.29, 0.717) is 13.2 Å². The van der Waals surface area contributed by atoms with E-state index in [1.165, 1.54) is 42.6 Å². The Bertz CT molecular complexity index is 458. The Balaban J connectivity index is 2.52. The summed E-state index contributed by atoms with van der Waals surface area (Å²) in [5.74, 6) is 0. The molecule has 0 saturated carbocycles. The van der Waals surface area contributed by atoms with Crippen molar-refractivity contribution in [3.8, 4) is 0 Å². The molecule has 0 aliphatic heterocycles. The molecule has 0 radical (unpaired) electrons. The van der Waals surface area contributed by atoms with Gasteiger partial charge in [-0.25, -0.2) is 4.57 Å². The Morgan fingerprint density at radius 3 is 1.79 bits per heavy atom. The highest BCUT2D eigenvalue weighted by Crippen LogP contribution is 2.63. The predicted molar refractivity (Wildman–Crippen MR) is 105 cm³/mol. The smallest absolute Gasteiger partial charge is 0.301 e. The first kappa shape index (κ1) is 21.8. The summed E-state index contributed by atoms with van der Waals surface area (Å²) in [6.45, 7) is 4.28. The van der Waals surface area contributed by atoms with Crippen LogP contribution < -0.4 is 0 Å². The normalized spacial score (nSPS) is 11.8. The molecule has 3 nitrogen and oxygen atoms in total. The first-order chi connectivity index (χ1) is 11.6. The standard InChI is InChI=1S/C19H33O3PS/c1-4-6-8-10-16-21-23(20,22-17-11-9-7-5-2)24-19-14-12-18(3)13-15-19/h12-15H,4-11,16-17H2,1-3H3. The van der Waals surface area contributed by atoms with Crippen molar-refractivity contribution in [1.82, 2.24) is 0 Å². The first-order valence-corrected chi connectivity index (χ1v) is 12.2. The summed E-state index contributed by atoms with van der Waals surface area (Å²) < 4.78 is 24.5. The van der Waals surface area contributed by atoms with Gasteiger partial charge in [-0.1, -0.05) is 70.1 Å². The van der Waals surface area contributed by atoms with Crippen LogP contribution in [0.2, 0.25) is 0 Å². The quantitative estimate of drug-likeness (QED) is 0.252. The zero-order valence-electron chi connectivity index (χ0n) is 15.5. The molecule has 0 aliphatic carbocycles. The lowest BCUT2D eigenvalue weighted by Crippen LogP contribution is -1.98. The van der Waals surface area contributed by atoms with Gasteiger partial charge in [0.2, 0.25) is 0 Å². The van der Waals surface area contributed by atoms with Crippen LogP contribution in [0.3, 0.4) is 0 Å². The van der Waals surface area contributed by atoms with Crippen molar-refractivity contribution < 1.29 is 13.6 Å². The van der Waals surface area contributed by atoms with Crippen molar-refractivity contribution in [2.75, 3.05) is 13.2 Å². The topological polar surface area (TPSA) is 35.5 Å². The number of rotatable bonds is 14. The fourth-order valence-electron chi connectivity index (χ4n) is 2.23. The van der Waals surface area contributed by atoms with Gasteiger partial charge in [0.25, 0.3) is 0 Å². The largest absolute Gasteiger partial charge is 0.393 e. The van der Waals surface area contributed by atoms with E-state index in [0.717, 1.165) is 30.6 Å². The number of aryl methyl sites for hydroxylation is 1. The summed E-state index contributed by atoms with van der Waals surface area (Å²) in [7, 11) is 0. The molecule has 0 saturated heterocycles. The first-order valence-electron chi connectivity index (χ1n) is 9.25. The van der Waals surface area contributed by atoms with Gasteiger partial charge in [0.15, 0.2) is 0 Å². The molecule has 0 spiro atoms. The minimum atomic E-state index is -3.14. The second-order valence-corrected chi connectivity index (χ2v) is 10.1. The van der Waals surface area contributed by atoms with Gasteiger partial charge >= 0.3 is 6.80 Å². The molecule has 0 heterocycles. The fourth-order valence-corrected chi connectivity index (χ4v) is 5.53. The maximum atomic E-state index is 13.1. The Morgan fingerprint density at radius 1 is 0.833 bits per heavy atom. The Hall–Kier alpha value is -0.280. The molecule has 0 aromatic heterocycles. The van der Waals surface area contributed by atoms with Gasteiger partial charge in [0, 0.05) is 4.90 Å². The van der Waals surface area contributed by atoms with Gasteiger partial charge in [-0.05, 0) is 43.3 Å². The number of hydrogen-bond donors (Lipinski definition) is 0. The van der Waals surface area contributed by atoms with Crippen LogP contribution in [0.1, 0.15) is 70.8 Å². The molecule has 0 bridgehead atoms. The fraction of sp³-hybridized carbons (Fsp3) is 0.684. The number of hydrogen-bond acceptors (Lipinski definition) is 4. The van der Waals surface area contributed by atoms with Crippen LogP contribution >= 0.6 is 18.2 Å². The molecular weight excluding hydrogens is 339 g/mol. The molecule has 138 valence electrons. The minimum Gasteiger partial charge on any atom is -0.301 e. The SMILES string of the molecule is CCCCCCOP(=O)(OCCCCCC)Sc1ccc(C)cc1. The second kappa shape index (κ2) is 13.0. The van der Waals surface area contributed by atoms with Gasteiger partial charge in [0.05, 0.1) is 13.2 Å². The predicted octanol–water partition coefficient (Wildman–Crippen LogP) is 7.39. The van der Waals surface area contributed by atoms with Crippen molar-refractivity contribution in [2.45, 2.75) is 77.0 Å². The van der Waals surface area contributed by atoms with Crippen LogP contribution in [0.15, 0.2) is 29.2 Å². The maximum Gasteiger partial charge on any atom is 0.393 e. The highest BCUT2D eigenvalue weighted by molar-refractivity contribution is 8.55. The molecule has 1 aromatic rings. The average Bonchev–Trinajstić information content (AvgIpc) is 2.57. The van der Waals surface area contributed by atoms with Crippen molar-refractivity contribution in [2.24, 2.45) is 0 Å². The third-order valence-corrected chi connectivity index (χ3v) is 7.37. The van der Waals surface area contributed by atoms with Crippen LogP contribution in [0, 0.1) is 6.92 Å². The van der Waals surface area contributed by atoms with Crippen LogP contribution in [-0.2, 0) is 13.6 Å². The highest BCUT2D eigenvalue weighted by Gasteiger charge is 2.26. The zero-order valence-corrected chi connectivity index (χ0v) is 17.2. The van der Waals surface area contributed by atoms with Crippen LogP contribution in [0.25, 0.3) is 0 Å². The lowest BCUT2D eigenvalue weighted by atomic mass is 10.2. The molecule has 0 atom stereocenters. The Labute approximate surface area is 152 Å². The molecule has 0 amide bonds. The van der Waals surface area contributed by atoms with Crippen molar-refractivity contribution in [3.63, 3.8) is 0 Å². The lowest BCUT2D eigenvalue weighted by molar-refractivity contribution is 0.212. The molecular formula is C19H33O3PS. The summed E-state index contributed by atoms with van der Waals surface area (Å²) >= 11 is 1.24. The van der Waals surface area contributed by atoms with E-state index in [1.54, 1.807) is 0 Å². The molecule has 0 aliphatic rings. The molecule has 5 heteroatoms. The van der Waals surface area contributed by atoms with Gasteiger partial charge in [-0.2, -0.15) is 0 Å². The maximum absolute atomic E-state index is 13.1. The van der Waals surface area contributed by atoms with E-state index < -0.39 is 6.80 Å². The summed E-state index contributed by atoms with van der Waals surface area (Å²) in [5, 5.41) is 0. The van der Waals surface area contributed by atoms with E-state index in [9.17, 15) is 4.57 Å². The summed E-state index contributed by atoms with van der Waals surface area (Å²) in [5.41, 5.74) is 1.19. The number of unbranched alkanes of at least 4 members (excludes halogenated alkanes) is 6.